The highest BCUT2D eigenvalue weighted by atomic mass is 35.5. The second-order valence-electron chi connectivity index (χ2n) is 33.5. The molecule has 5 N–H and O–H groups in total. The average Bonchev–Trinajstić information content (AvgIpc) is 1.59. The lowest BCUT2D eigenvalue weighted by Crippen LogP contribution is -2.48. The van der Waals surface area contributed by atoms with Gasteiger partial charge in [-0.3, -0.25) is 52.7 Å². The maximum absolute atomic E-state index is 13.9. The molecule has 2 unspecified atom stereocenters. The molecule has 6 aliphatic heterocycles. The number of H-pyrrole nitrogens is 2. The summed E-state index contributed by atoms with van der Waals surface area (Å²) in [7, 11) is 0. The summed E-state index contributed by atoms with van der Waals surface area (Å²) in [5.74, 6) is 4.09. The van der Waals surface area contributed by atoms with Crippen molar-refractivity contribution in [1.29, 1.82) is 0 Å². The second kappa shape index (κ2) is 40.0. The predicted molar refractivity (Wildman–Crippen MR) is 511 cm³/mol. The monoisotopic (exact) mass is 1810 g/mol. The number of nitrogens with two attached hydrogens (primary N) is 1. The summed E-state index contributed by atoms with van der Waals surface area (Å²) in [6.07, 6.45) is 31.7. The van der Waals surface area contributed by atoms with E-state index in [0.29, 0.717) is 94.2 Å². The van der Waals surface area contributed by atoms with Gasteiger partial charge in [-0.2, -0.15) is 20.4 Å². The van der Waals surface area contributed by atoms with Crippen LogP contribution in [0.4, 0.5) is 34.6 Å². The van der Waals surface area contributed by atoms with Crippen LogP contribution in [0.2, 0.25) is 0 Å². The topological polar surface area (TPSA) is 425 Å². The summed E-state index contributed by atoms with van der Waals surface area (Å²) in [6, 6.07) is 15.9. The fourth-order valence-electron chi connectivity index (χ4n) is 18.4. The minimum Gasteiger partial charge on any atom is -0.394 e. The molecule has 38 heteroatoms. The lowest BCUT2D eigenvalue weighted by molar-refractivity contribution is -0.126. The number of ether oxygens (including phenoxy) is 2. The fraction of sp³-hybridized carbons (Fsp3) is 0.394. The molecule has 11 aromatic heterocycles. The Labute approximate surface area is 764 Å². The van der Waals surface area contributed by atoms with Crippen LogP contribution in [0.1, 0.15) is 166 Å². The number of aryl methyl sites for hydroxylation is 7. The van der Waals surface area contributed by atoms with Gasteiger partial charge in [0.2, 0.25) is 11.1 Å². The standard InChI is InChI=1S/C25H29N7O2.C23H29N7O2.C22H22N8O2.C20H21N7O.C3H3ClO.CH4/c1-16-9-10-19-18(14-28-32(19)20-8-4-7-13-34-20)23(16)31-17(2)29-21-22(25(31)33)26-15-27-24(21)30-11-5-3-6-12-30;1-15-8-9-17-16(13-27-30(17)18-7-3-6-12-32-18)20(15)28-23(31)21-19(24)22(26-14-25-21)29-10-4-2-5-11-29;1-4-17(31)28-7-9-29(10-8-28)21-18-19(23-12-24-21)22(32)30(14(3)26-18)20-13(2)5-6-16-15(20)11-25-27-16;1-12-6-7-15-14(10-23-25-15)18(12)27-13(2)24-16-17(20(27)28)21-11-22-19(16)26-8-4-3-5-9-26;1-2-3(4)5;/h9-10,14-15,20H,3-8,11-13H2,1-2H3;8-9,13-14,18H,2-7,10-12,24H2,1H3,(H,28,31);4-6,11-12H,1,7-10H2,2-3H3,(H,25,27);6-7,10-11H,3-5,8-9H2,1-2H3,(H,23,25);2H,1H2;1H4. The number of hydrogen-bond acceptors (Lipinski definition) is 28. The zero-order chi connectivity index (χ0) is 91.3. The van der Waals surface area contributed by atoms with Crippen LogP contribution in [-0.4, -0.2) is 209 Å². The van der Waals surface area contributed by atoms with Gasteiger partial charge in [0.1, 0.15) is 65.0 Å². The minimum atomic E-state index is -0.509. The number of nitrogens with zero attached hydrogens (tertiary/aromatic N) is 25. The van der Waals surface area contributed by atoms with Crippen molar-refractivity contribution in [2.24, 2.45) is 0 Å². The molecule has 6 saturated heterocycles. The Balaban J connectivity index is 0.000000126. The highest BCUT2D eigenvalue weighted by molar-refractivity contribution is 6.66. The van der Waals surface area contributed by atoms with Crippen LogP contribution < -0.4 is 47.3 Å². The number of amides is 2. The number of aromatic amines is 2. The van der Waals surface area contributed by atoms with Gasteiger partial charge in [-0.1, -0.05) is 44.8 Å². The molecule has 17 heterocycles. The van der Waals surface area contributed by atoms with E-state index in [1.165, 1.54) is 50.6 Å². The van der Waals surface area contributed by atoms with Crippen molar-refractivity contribution in [3.05, 3.63) is 200 Å². The first-order valence-corrected chi connectivity index (χ1v) is 45.0. The molecular formula is C94H108ClN29O8. The number of piperidine rings is 3. The summed E-state index contributed by atoms with van der Waals surface area (Å²) < 4.78 is 20.7. The Morgan fingerprint density at radius 1 is 0.439 bits per heavy atom. The van der Waals surface area contributed by atoms with E-state index in [9.17, 15) is 28.8 Å². The largest absolute Gasteiger partial charge is 0.394 e. The number of anilines is 6. The van der Waals surface area contributed by atoms with E-state index >= 15 is 0 Å². The molecule has 0 spiro atoms. The van der Waals surface area contributed by atoms with Crippen LogP contribution in [0.5, 0.6) is 0 Å². The third kappa shape index (κ3) is 18.2. The molecule has 6 fully saturated rings. The molecule has 0 aliphatic carbocycles. The maximum atomic E-state index is 13.9. The van der Waals surface area contributed by atoms with E-state index in [1.807, 2.05) is 104 Å². The number of rotatable bonds is 13. The summed E-state index contributed by atoms with van der Waals surface area (Å²) in [5, 5.41) is 29.4. The summed E-state index contributed by atoms with van der Waals surface area (Å²) in [5.41, 5.74) is 19.3. The third-order valence-electron chi connectivity index (χ3n) is 25.0. The molecule has 6 aliphatic rings. The number of aromatic nitrogens is 22. The number of carbonyl (C=O) groups is 3. The van der Waals surface area contributed by atoms with Crippen molar-refractivity contribution in [2.45, 2.75) is 165 Å². The molecule has 2 atom stereocenters. The van der Waals surface area contributed by atoms with E-state index in [1.54, 1.807) is 44.1 Å². The molecule has 15 aromatic rings. The lowest BCUT2D eigenvalue weighted by atomic mass is 10.1. The quantitative estimate of drug-likeness (QED) is 0.0615. The molecule has 4 aromatic carbocycles. The molecular weight excluding hydrogens is 1700 g/mol. The van der Waals surface area contributed by atoms with Crippen LogP contribution in [0.3, 0.4) is 0 Å². The van der Waals surface area contributed by atoms with E-state index in [4.69, 9.17) is 41.8 Å². The van der Waals surface area contributed by atoms with Gasteiger partial charge in [0, 0.05) is 100 Å². The Hall–Kier alpha value is -14.2. The van der Waals surface area contributed by atoms with Gasteiger partial charge >= 0.3 is 0 Å². The summed E-state index contributed by atoms with van der Waals surface area (Å²) >= 11 is 4.71. The number of nitrogens with one attached hydrogen (secondary N) is 3. The van der Waals surface area contributed by atoms with Gasteiger partial charge < -0.3 is 45.0 Å². The highest BCUT2D eigenvalue weighted by Crippen LogP contribution is 2.38. The smallest absolute Gasteiger partial charge is 0.284 e. The van der Waals surface area contributed by atoms with Crippen LogP contribution >= 0.6 is 11.6 Å². The van der Waals surface area contributed by atoms with Crippen molar-refractivity contribution in [3.8, 4) is 17.1 Å². The van der Waals surface area contributed by atoms with Gasteiger partial charge in [0.05, 0.1) is 69.6 Å². The molecule has 0 radical (unpaired) electrons. The Bertz CT molecular complexity index is 7060. The molecule has 37 nitrogen and oxygen atoms in total. The predicted octanol–water partition coefficient (Wildman–Crippen LogP) is 13.2. The van der Waals surface area contributed by atoms with Crippen LogP contribution in [0.25, 0.3) is 93.8 Å². The molecule has 0 bridgehead atoms. The number of hydrogen-bond donors (Lipinski definition) is 4. The number of fused-ring (bicyclic) bond motifs is 7. The molecule has 0 saturated carbocycles. The first-order chi connectivity index (χ1) is 63.7. The van der Waals surface area contributed by atoms with Gasteiger partial charge in [-0.25, -0.2) is 64.2 Å². The third-order valence-corrected chi connectivity index (χ3v) is 25.1. The van der Waals surface area contributed by atoms with Gasteiger partial charge in [0.25, 0.3) is 22.6 Å². The first kappa shape index (κ1) is 91.1. The van der Waals surface area contributed by atoms with E-state index in [0.717, 1.165) is 230 Å². The highest BCUT2D eigenvalue weighted by Gasteiger charge is 2.31. The number of allylic oxidation sites excluding steroid dienone is 1. The Morgan fingerprint density at radius 2 is 0.818 bits per heavy atom. The van der Waals surface area contributed by atoms with Crippen LogP contribution in [0, 0.1) is 48.5 Å². The number of nitrogen functional groups attached to an aromatic ring is 1. The molecule has 21 rings (SSSR count). The van der Waals surface area contributed by atoms with Crippen molar-refractivity contribution >= 4 is 140 Å². The van der Waals surface area contributed by atoms with E-state index < -0.39 is 5.24 Å². The summed E-state index contributed by atoms with van der Waals surface area (Å²) in [6.45, 7) is 29.3. The fourth-order valence-corrected chi connectivity index (χ4v) is 18.4. The van der Waals surface area contributed by atoms with E-state index in [-0.39, 0.29) is 59.6 Å². The SMILES string of the molecule is C.C=CC(=O)Cl.C=CC(=O)N1CCN(c2ncnc3c(=O)n(-c4c(C)ccc5[nH]ncc45)c(C)nc23)CC1.Cc1ccc2[nH]ncc2c1-n1c(C)nc2c(N3CCCCC3)ncnc2c1=O.Cc1ccc2c(cnn2C2CCCCO2)c1-n1c(C)nc2c(N3CCCCC3)ncnc2c1=O.Cc1ccc2c(cnn2C2CCCCO2)c1NC(=O)c1ncnc(N2CCCCC2)c1N. The zero-order valence-electron chi connectivity index (χ0n) is 74.5. The average molecular weight is 1810 g/mol. The Kier molecular flexibility index (Phi) is 27.6. The first-order valence-electron chi connectivity index (χ1n) is 44.6. The Morgan fingerprint density at radius 3 is 1.23 bits per heavy atom. The van der Waals surface area contributed by atoms with Crippen LogP contribution in [-0.2, 0) is 19.1 Å². The van der Waals surface area contributed by atoms with Crippen LogP contribution in [0.15, 0.2) is 138 Å². The van der Waals surface area contributed by atoms with Crippen molar-refractivity contribution in [1.82, 2.24) is 113 Å². The normalized spacial score (nSPS) is 16.5. The molecule has 2 amide bonds. The number of benzene rings is 4. The lowest BCUT2D eigenvalue weighted by Gasteiger charge is -2.35. The van der Waals surface area contributed by atoms with Crippen molar-refractivity contribution in [3.63, 3.8) is 0 Å². The van der Waals surface area contributed by atoms with Gasteiger partial charge in [-0.15, -0.1) is 0 Å². The van der Waals surface area contributed by atoms with Gasteiger partial charge in [-0.05, 0) is 215 Å². The minimum absolute atomic E-state index is 0. The number of carbonyl (C=O) groups excluding carboxylic acids is 3. The van der Waals surface area contributed by atoms with Gasteiger partial charge in [0.15, 0.2) is 58.0 Å². The summed E-state index contributed by atoms with van der Waals surface area (Å²) in [4.78, 5) is 135. The zero-order valence-corrected chi connectivity index (χ0v) is 75.2. The van der Waals surface area contributed by atoms with E-state index in [2.05, 4.69) is 110 Å². The van der Waals surface area contributed by atoms with Crippen molar-refractivity contribution in [2.75, 3.05) is 109 Å². The molecule has 132 heavy (non-hydrogen) atoms. The maximum Gasteiger partial charge on any atom is 0.284 e. The second-order valence-corrected chi connectivity index (χ2v) is 33.8. The molecule has 684 valence electrons. The number of piperazine rings is 1. The van der Waals surface area contributed by atoms with Crippen molar-refractivity contribution < 1.29 is 23.9 Å². The number of halogens is 1.